The molecule has 0 radical (unpaired) electrons. The first-order valence-electron chi connectivity index (χ1n) is 4.11. The summed E-state index contributed by atoms with van der Waals surface area (Å²) in [6.45, 7) is 2.52. The fourth-order valence-electron chi connectivity index (χ4n) is 0.619. The second kappa shape index (κ2) is 9.04. The van der Waals surface area contributed by atoms with Crippen molar-refractivity contribution in [3.63, 3.8) is 0 Å². The topological polar surface area (TPSA) is 55.8 Å². The van der Waals surface area contributed by atoms with E-state index in [1.54, 1.807) is 6.92 Å². The van der Waals surface area contributed by atoms with Gasteiger partial charge >= 0.3 is 5.97 Å². The Morgan fingerprint density at radius 3 is 2.85 bits per heavy atom. The van der Waals surface area contributed by atoms with Crippen molar-refractivity contribution in [2.24, 2.45) is 0 Å². The predicted octanol–water partition coefficient (Wildman–Crippen LogP) is -0.0481. The molecule has 74 valence electrons. The average Bonchev–Trinajstić information content (AvgIpc) is 2.11. The number of esters is 1. The van der Waals surface area contributed by atoms with Gasteiger partial charge in [-0.05, 0) is 6.92 Å². The molecule has 0 saturated carbocycles. The Morgan fingerprint density at radius 2 is 2.23 bits per heavy atom. The first-order chi connectivity index (χ1) is 6.31. The van der Waals surface area contributed by atoms with E-state index >= 15 is 0 Å². The second-order valence-corrected chi connectivity index (χ2v) is 2.12. The summed E-state index contributed by atoms with van der Waals surface area (Å²) in [5.41, 5.74) is 0. The molecule has 0 aliphatic rings. The van der Waals surface area contributed by atoms with Crippen molar-refractivity contribution in [1.29, 1.82) is 0 Å². The van der Waals surface area contributed by atoms with Gasteiger partial charge in [-0.3, -0.25) is 4.79 Å². The molecule has 0 fully saturated rings. The molecule has 0 spiro atoms. The van der Waals surface area contributed by atoms with Gasteiger partial charge in [0.15, 0.2) is 0 Å². The monoisotopic (exact) mass is 186 g/mol. The quantitative estimate of drug-likeness (QED) is 0.371. The summed E-state index contributed by atoms with van der Waals surface area (Å²) in [6, 6.07) is 0. The van der Waals surface area contributed by atoms with Crippen molar-refractivity contribution in [3.8, 4) is 11.8 Å². The molecule has 13 heavy (non-hydrogen) atoms. The van der Waals surface area contributed by atoms with Gasteiger partial charge in [0.2, 0.25) is 0 Å². The molecular weight excluding hydrogens is 172 g/mol. The van der Waals surface area contributed by atoms with Crippen molar-refractivity contribution < 1.29 is 19.4 Å². The van der Waals surface area contributed by atoms with Crippen LogP contribution in [0.2, 0.25) is 0 Å². The van der Waals surface area contributed by atoms with Crippen LogP contribution >= 0.6 is 0 Å². The summed E-state index contributed by atoms with van der Waals surface area (Å²) in [5.74, 6) is 4.73. The van der Waals surface area contributed by atoms with E-state index in [2.05, 4.69) is 16.6 Å². The number of hydrogen-bond acceptors (Lipinski definition) is 4. The van der Waals surface area contributed by atoms with Crippen molar-refractivity contribution in [3.05, 3.63) is 0 Å². The zero-order valence-electron chi connectivity index (χ0n) is 7.71. The minimum absolute atomic E-state index is 0.165. The van der Waals surface area contributed by atoms with E-state index in [1.165, 1.54) is 0 Å². The van der Waals surface area contributed by atoms with Crippen molar-refractivity contribution in [1.82, 2.24) is 0 Å². The highest BCUT2D eigenvalue weighted by Crippen LogP contribution is 1.87. The highest BCUT2D eigenvalue weighted by Gasteiger charge is 1.99. The van der Waals surface area contributed by atoms with Crippen LogP contribution < -0.4 is 0 Å². The number of carbonyl (C=O) groups is 1. The summed E-state index contributed by atoms with van der Waals surface area (Å²) in [6.07, 6.45) is 0.245. The molecule has 0 saturated heterocycles. The molecule has 4 heteroatoms. The molecule has 0 heterocycles. The van der Waals surface area contributed by atoms with Gasteiger partial charge in [-0.2, -0.15) is 0 Å². The molecule has 0 unspecified atom stereocenters. The maximum absolute atomic E-state index is 10.8. The van der Waals surface area contributed by atoms with E-state index < -0.39 is 0 Å². The summed E-state index contributed by atoms with van der Waals surface area (Å²) in [4.78, 5) is 10.8. The lowest BCUT2D eigenvalue weighted by Crippen LogP contribution is -2.08. The lowest BCUT2D eigenvalue weighted by Gasteiger charge is -2.00. The molecule has 0 aromatic heterocycles. The zero-order valence-corrected chi connectivity index (χ0v) is 7.71. The number of hydrogen-bond donors (Lipinski definition) is 1. The molecule has 0 aromatic rings. The number of carbonyl (C=O) groups excluding carboxylic acids is 1. The van der Waals surface area contributed by atoms with Gasteiger partial charge in [-0.1, -0.05) is 11.8 Å². The van der Waals surface area contributed by atoms with Crippen LogP contribution in [-0.4, -0.2) is 37.5 Å². The van der Waals surface area contributed by atoms with Gasteiger partial charge in [-0.25, -0.2) is 0 Å². The third kappa shape index (κ3) is 8.86. The van der Waals surface area contributed by atoms with Crippen molar-refractivity contribution in [2.45, 2.75) is 13.3 Å². The maximum Gasteiger partial charge on any atom is 0.308 e. The number of rotatable bonds is 5. The fourth-order valence-corrected chi connectivity index (χ4v) is 0.619. The molecule has 1 N–H and O–H groups in total. The van der Waals surface area contributed by atoms with Gasteiger partial charge < -0.3 is 14.6 Å². The summed E-state index contributed by atoms with van der Waals surface area (Å²) >= 11 is 0. The van der Waals surface area contributed by atoms with Crippen molar-refractivity contribution in [2.75, 3.05) is 26.4 Å². The molecule has 0 aliphatic heterocycles. The van der Waals surface area contributed by atoms with Gasteiger partial charge in [0.25, 0.3) is 0 Å². The SMILES string of the molecule is CCOC(=O)CCOCC#CCO. The highest BCUT2D eigenvalue weighted by molar-refractivity contribution is 5.69. The van der Waals surface area contributed by atoms with Crippen LogP contribution in [0.3, 0.4) is 0 Å². The highest BCUT2D eigenvalue weighted by atomic mass is 16.5. The average molecular weight is 186 g/mol. The number of aliphatic hydroxyl groups is 1. The second-order valence-electron chi connectivity index (χ2n) is 2.12. The van der Waals surface area contributed by atoms with Crippen LogP contribution in [0, 0.1) is 11.8 Å². The third-order valence-corrected chi connectivity index (χ3v) is 1.13. The summed E-state index contributed by atoms with van der Waals surface area (Å²) in [7, 11) is 0. The van der Waals surface area contributed by atoms with Crippen LogP contribution in [0.4, 0.5) is 0 Å². The van der Waals surface area contributed by atoms with Crippen LogP contribution in [0.15, 0.2) is 0 Å². The Bertz CT molecular complexity index is 190. The van der Waals surface area contributed by atoms with Crippen LogP contribution in [0.25, 0.3) is 0 Å². The van der Waals surface area contributed by atoms with Crippen LogP contribution in [0.1, 0.15) is 13.3 Å². The van der Waals surface area contributed by atoms with E-state index in [0.717, 1.165) is 0 Å². The Kier molecular flexibility index (Phi) is 8.31. The molecule has 4 nitrogen and oxygen atoms in total. The summed E-state index contributed by atoms with van der Waals surface area (Å²) in [5, 5.41) is 8.28. The van der Waals surface area contributed by atoms with Gasteiger partial charge in [0.1, 0.15) is 13.2 Å². The molecule has 0 aromatic carbocycles. The lowest BCUT2D eigenvalue weighted by molar-refractivity contribution is -0.144. The first kappa shape index (κ1) is 11.9. The third-order valence-electron chi connectivity index (χ3n) is 1.13. The number of ether oxygens (including phenoxy) is 2. The molecule has 0 amide bonds. The van der Waals surface area contributed by atoms with Crippen LogP contribution in [0.5, 0.6) is 0 Å². The first-order valence-corrected chi connectivity index (χ1v) is 4.11. The minimum atomic E-state index is -0.266. The zero-order chi connectivity index (χ0) is 9.94. The largest absolute Gasteiger partial charge is 0.466 e. The lowest BCUT2D eigenvalue weighted by atomic mass is 10.5. The maximum atomic E-state index is 10.8. The fraction of sp³-hybridized carbons (Fsp3) is 0.667. The van der Waals surface area contributed by atoms with Crippen molar-refractivity contribution >= 4 is 5.97 Å². The van der Waals surface area contributed by atoms with E-state index in [-0.39, 0.29) is 25.6 Å². The molecular formula is C9H14O4. The Hall–Kier alpha value is -1.05. The smallest absolute Gasteiger partial charge is 0.308 e. The van der Waals surface area contributed by atoms with Gasteiger partial charge in [0, 0.05) is 0 Å². The van der Waals surface area contributed by atoms with Gasteiger partial charge in [-0.15, -0.1) is 0 Å². The molecule has 0 bridgehead atoms. The molecule has 0 aliphatic carbocycles. The predicted molar refractivity (Wildman–Crippen MR) is 46.9 cm³/mol. The summed E-state index contributed by atoms with van der Waals surface area (Å²) < 4.78 is 9.64. The van der Waals surface area contributed by atoms with Crippen LogP contribution in [-0.2, 0) is 14.3 Å². The standard InChI is InChI=1S/C9H14O4/c1-2-13-9(11)5-8-12-7-4-3-6-10/h10H,2,5-8H2,1H3. The van der Waals surface area contributed by atoms with E-state index in [9.17, 15) is 4.79 Å². The van der Waals surface area contributed by atoms with E-state index in [1.807, 2.05) is 0 Å². The molecule has 0 atom stereocenters. The Morgan fingerprint density at radius 1 is 1.46 bits per heavy atom. The molecule has 0 rings (SSSR count). The Labute approximate surface area is 77.8 Å². The minimum Gasteiger partial charge on any atom is -0.466 e. The van der Waals surface area contributed by atoms with E-state index in [0.29, 0.717) is 13.2 Å². The number of aliphatic hydroxyl groups excluding tert-OH is 1. The van der Waals surface area contributed by atoms with E-state index in [4.69, 9.17) is 9.84 Å². The van der Waals surface area contributed by atoms with Gasteiger partial charge in [0.05, 0.1) is 19.6 Å². The Balaban J connectivity index is 3.20. The normalized spacial score (nSPS) is 8.77.